The van der Waals surface area contributed by atoms with E-state index in [0.717, 1.165) is 31.8 Å². The summed E-state index contributed by atoms with van der Waals surface area (Å²) in [5, 5.41) is 9.59. The Morgan fingerprint density at radius 2 is 2.12 bits per heavy atom. The van der Waals surface area contributed by atoms with E-state index in [1.54, 1.807) is 12.4 Å². The molecule has 0 bridgehead atoms. The Labute approximate surface area is 100 Å². The van der Waals surface area contributed by atoms with Crippen molar-refractivity contribution in [3.63, 3.8) is 0 Å². The molecule has 2 heterocycles. The fourth-order valence-corrected chi connectivity index (χ4v) is 2.26. The third-order valence-corrected chi connectivity index (χ3v) is 3.15. The second-order valence-corrected chi connectivity index (χ2v) is 4.49. The van der Waals surface area contributed by atoms with Gasteiger partial charge in [0.1, 0.15) is 0 Å². The van der Waals surface area contributed by atoms with Gasteiger partial charge in [0.25, 0.3) is 0 Å². The van der Waals surface area contributed by atoms with Gasteiger partial charge in [-0.3, -0.25) is 0 Å². The predicted octanol–water partition coefficient (Wildman–Crippen LogP) is 1.87. The summed E-state index contributed by atoms with van der Waals surface area (Å²) in [4.78, 5) is 10.6. The monoisotopic (exact) mass is 241 g/mol. The average Bonchev–Trinajstić information content (AvgIpc) is 2.32. The number of anilines is 1. The van der Waals surface area contributed by atoms with E-state index in [4.69, 9.17) is 16.7 Å². The molecule has 88 valence electrons. The Morgan fingerprint density at radius 3 is 2.81 bits per heavy atom. The molecule has 0 aliphatic carbocycles. The molecule has 1 aliphatic heterocycles. The van der Waals surface area contributed by atoms with Crippen LogP contribution in [0.2, 0.25) is 5.02 Å². The summed E-state index contributed by atoms with van der Waals surface area (Å²) in [5.41, 5.74) is 0. The average molecular weight is 242 g/mol. The number of piperidine rings is 1. The Kier molecular flexibility index (Phi) is 3.96. The van der Waals surface area contributed by atoms with Gasteiger partial charge in [0, 0.05) is 19.2 Å². The van der Waals surface area contributed by atoms with Crippen molar-refractivity contribution in [1.82, 2.24) is 9.97 Å². The first kappa shape index (κ1) is 11.6. The zero-order valence-corrected chi connectivity index (χ0v) is 9.90. The highest BCUT2D eigenvalue weighted by Crippen LogP contribution is 2.23. The maximum atomic E-state index is 9.04. The highest BCUT2D eigenvalue weighted by Gasteiger charge is 2.23. The zero-order valence-electron chi connectivity index (χ0n) is 9.14. The summed E-state index contributed by atoms with van der Waals surface area (Å²) < 4.78 is 0. The van der Waals surface area contributed by atoms with Crippen molar-refractivity contribution in [2.24, 2.45) is 0 Å². The van der Waals surface area contributed by atoms with Crippen molar-refractivity contribution in [1.29, 1.82) is 0 Å². The number of aliphatic hydroxyl groups excluding tert-OH is 1. The molecule has 1 atom stereocenters. The van der Waals surface area contributed by atoms with Gasteiger partial charge in [-0.1, -0.05) is 11.6 Å². The van der Waals surface area contributed by atoms with Crippen molar-refractivity contribution in [3.05, 3.63) is 17.4 Å². The van der Waals surface area contributed by atoms with Crippen LogP contribution in [0.5, 0.6) is 0 Å². The molecule has 1 aromatic heterocycles. The summed E-state index contributed by atoms with van der Waals surface area (Å²) in [6, 6.07) is 0.361. The molecule has 0 amide bonds. The van der Waals surface area contributed by atoms with Crippen molar-refractivity contribution in [3.8, 4) is 0 Å². The molecule has 1 fully saturated rings. The summed E-state index contributed by atoms with van der Waals surface area (Å²) in [6.45, 7) is 1.18. The maximum Gasteiger partial charge on any atom is 0.225 e. The van der Waals surface area contributed by atoms with Crippen LogP contribution in [-0.2, 0) is 0 Å². The van der Waals surface area contributed by atoms with E-state index in [-0.39, 0.29) is 6.61 Å². The second kappa shape index (κ2) is 5.46. The van der Waals surface area contributed by atoms with E-state index in [0.29, 0.717) is 11.1 Å². The SMILES string of the molecule is OCC[C@@H]1CCCCN1c1ncc(Cl)cn1. The molecule has 0 aromatic carbocycles. The number of hydrogen-bond acceptors (Lipinski definition) is 4. The van der Waals surface area contributed by atoms with E-state index in [9.17, 15) is 0 Å². The molecule has 0 saturated carbocycles. The molecule has 0 unspecified atom stereocenters. The highest BCUT2D eigenvalue weighted by molar-refractivity contribution is 6.30. The first-order valence-electron chi connectivity index (χ1n) is 5.66. The van der Waals surface area contributed by atoms with Gasteiger partial charge >= 0.3 is 0 Å². The topological polar surface area (TPSA) is 49.2 Å². The smallest absolute Gasteiger partial charge is 0.225 e. The van der Waals surface area contributed by atoms with Crippen LogP contribution in [-0.4, -0.2) is 34.3 Å². The summed E-state index contributed by atoms with van der Waals surface area (Å²) >= 11 is 5.76. The number of halogens is 1. The molecule has 0 radical (unpaired) electrons. The number of aromatic nitrogens is 2. The Bertz CT molecular complexity index is 329. The van der Waals surface area contributed by atoms with Crippen LogP contribution >= 0.6 is 11.6 Å². The van der Waals surface area contributed by atoms with Crippen molar-refractivity contribution in [2.75, 3.05) is 18.1 Å². The van der Waals surface area contributed by atoms with Crippen LogP contribution < -0.4 is 4.90 Å². The van der Waals surface area contributed by atoms with Gasteiger partial charge in [0.2, 0.25) is 5.95 Å². The minimum absolute atomic E-state index is 0.217. The molecule has 1 saturated heterocycles. The number of aliphatic hydroxyl groups is 1. The van der Waals surface area contributed by atoms with E-state index in [2.05, 4.69) is 14.9 Å². The third-order valence-electron chi connectivity index (χ3n) is 2.95. The van der Waals surface area contributed by atoms with E-state index in [1.807, 2.05) is 0 Å². The van der Waals surface area contributed by atoms with Crippen LogP contribution in [0.3, 0.4) is 0 Å². The summed E-state index contributed by atoms with van der Waals surface area (Å²) in [6.07, 6.45) is 7.50. The van der Waals surface area contributed by atoms with Crippen LogP contribution in [0.4, 0.5) is 5.95 Å². The van der Waals surface area contributed by atoms with E-state index < -0.39 is 0 Å². The lowest BCUT2D eigenvalue weighted by molar-refractivity contribution is 0.261. The van der Waals surface area contributed by atoms with E-state index >= 15 is 0 Å². The third kappa shape index (κ3) is 2.62. The molecule has 4 nitrogen and oxygen atoms in total. The second-order valence-electron chi connectivity index (χ2n) is 4.06. The summed E-state index contributed by atoms with van der Waals surface area (Å²) in [7, 11) is 0. The van der Waals surface area contributed by atoms with Crippen LogP contribution in [0.15, 0.2) is 12.4 Å². The Hall–Kier alpha value is -0.870. The van der Waals surface area contributed by atoms with Gasteiger partial charge in [-0.25, -0.2) is 9.97 Å². The quantitative estimate of drug-likeness (QED) is 0.878. The zero-order chi connectivity index (χ0) is 11.4. The molecule has 16 heavy (non-hydrogen) atoms. The minimum Gasteiger partial charge on any atom is -0.396 e. The highest BCUT2D eigenvalue weighted by atomic mass is 35.5. The number of hydrogen-bond donors (Lipinski definition) is 1. The summed E-state index contributed by atoms with van der Waals surface area (Å²) in [5.74, 6) is 0.725. The van der Waals surface area contributed by atoms with Crippen LogP contribution in [0.25, 0.3) is 0 Å². The Morgan fingerprint density at radius 1 is 1.38 bits per heavy atom. The van der Waals surface area contributed by atoms with Crippen molar-refractivity contribution >= 4 is 17.5 Å². The molecular weight excluding hydrogens is 226 g/mol. The van der Waals surface area contributed by atoms with Gasteiger partial charge in [0.05, 0.1) is 17.4 Å². The number of nitrogens with zero attached hydrogens (tertiary/aromatic N) is 3. The molecule has 1 aromatic rings. The first-order valence-corrected chi connectivity index (χ1v) is 6.04. The molecule has 5 heteroatoms. The van der Waals surface area contributed by atoms with Gasteiger partial charge in [-0.15, -0.1) is 0 Å². The van der Waals surface area contributed by atoms with E-state index in [1.165, 1.54) is 6.42 Å². The lowest BCUT2D eigenvalue weighted by Crippen LogP contribution is -2.41. The normalized spacial score (nSPS) is 21.1. The van der Waals surface area contributed by atoms with Crippen LogP contribution in [0.1, 0.15) is 25.7 Å². The fraction of sp³-hybridized carbons (Fsp3) is 0.636. The molecule has 1 aliphatic rings. The van der Waals surface area contributed by atoms with Crippen LogP contribution in [0, 0.1) is 0 Å². The Balaban J connectivity index is 2.13. The lowest BCUT2D eigenvalue weighted by Gasteiger charge is -2.35. The van der Waals surface area contributed by atoms with Gasteiger partial charge in [0.15, 0.2) is 0 Å². The van der Waals surface area contributed by atoms with Gasteiger partial charge < -0.3 is 10.0 Å². The lowest BCUT2D eigenvalue weighted by atomic mass is 10.0. The largest absolute Gasteiger partial charge is 0.396 e. The number of rotatable bonds is 3. The fourth-order valence-electron chi connectivity index (χ4n) is 2.17. The minimum atomic E-state index is 0.217. The van der Waals surface area contributed by atoms with Crippen molar-refractivity contribution < 1.29 is 5.11 Å². The molecular formula is C11H16ClN3O. The molecule has 1 N–H and O–H groups in total. The predicted molar refractivity (Wildman–Crippen MR) is 63.7 cm³/mol. The molecule has 0 spiro atoms. The van der Waals surface area contributed by atoms with Gasteiger partial charge in [-0.05, 0) is 25.7 Å². The van der Waals surface area contributed by atoms with Crippen molar-refractivity contribution in [2.45, 2.75) is 31.7 Å². The van der Waals surface area contributed by atoms with Gasteiger partial charge in [-0.2, -0.15) is 0 Å². The molecule has 2 rings (SSSR count). The standard InChI is InChI=1S/C11H16ClN3O/c12-9-7-13-11(14-8-9)15-5-2-1-3-10(15)4-6-16/h7-8,10,16H,1-6H2/t10-/m0/s1. The first-order chi connectivity index (χ1) is 7.81. The maximum absolute atomic E-state index is 9.04.